The molecule has 2 aromatic rings. The van der Waals surface area contributed by atoms with Crippen LogP contribution in [0.5, 0.6) is 0 Å². The summed E-state index contributed by atoms with van der Waals surface area (Å²) in [6, 6.07) is 4.01. The van der Waals surface area contributed by atoms with Crippen LogP contribution in [0.3, 0.4) is 0 Å². The smallest absolute Gasteiger partial charge is 0.157 e. The molecule has 2 heterocycles. The first-order valence-electron chi connectivity index (χ1n) is 6.16. The summed E-state index contributed by atoms with van der Waals surface area (Å²) in [5, 5.41) is 10.4. The van der Waals surface area contributed by atoms with Crippen molar-refractivity contribution in [3.63, 3.8) is 0 Å². The molecule has 0 fully saturated rings. The van der Waals surface area contributed by atoms with Gasteiger partial charge in [-0.25, -0.2) is 9.97 Å². The van der Waals surface area contributed by atoms with E-state index in [-0.39, 0.29) is 5.92 Å². The summed E-state index contributed by atoms with van der Waals surface area (Å²) in [6.07, 6.45) is 6.46. The lowest BCUT2D eigenvalue weighted by Crippen LogP contribution is -2.12. The summed E-state index contributed by atoms with van der Waals surface area (Å²) in [4.78, 5) is 12.8. The van der Waals surface area contributed by atoms with E-state index in [1.807, 2.05) is 13.0 Å². The Bertz CT molecular complexity index is 553. The van der Waals surface area contributed by atoms with E-state index in [0.29, 0.717) is 5.82 Å². The van der Waals surface area contributed by atoms with Crippen molar-refractivity contribution >= 4 is 0 Å². The Morgan fingerprint density at radius 2 is 2.06 bits per heavy atom. The molecule has 0 radical (unpaired) electrons. The molecule has 4 nitrogen and oxygen atoms in total. The SMILES string of the molecule is Cc1cnc(C(O)C2CCc3cccnc32)nc1. The van der Waals surface area contributed by atoms with Gasteiger partial charge >= 0.3 is 0 Å². The van der Waals surface area contributed by atoms with Crippen LogP contribution < -0.4 is 0 Å². The van der Waals surface area contributed by atoms with Gasteiger partial charge in [-0.15, -0.1) is 0 Å². The number of fused-ring (bicyclic) bond motifs is 1. The molecule has 0 aromatic carbocycles. The highest BCUT2D eigenvalue weighted by Crippen LogP contribution is 2.39. The molecule has 1 N–H and O–H groups in total. The monoisotopic (exact) mass is 241 g/mol. The van der Waals surface area contributed by atoms with E-state index in [4.69, 9.17) is 0 Å². The Kier molecular flexibility index (Phi) is 2.80. The molecule has 2 atom stereocenters. The van der Waals surface area contributed by atoms with Gasteiger partial charge in [0, 0.05) is 30.2 Å². The fraction of sp³-hybridized carbons (Fsp3) is 0.357. The van der Waals surface area contributed by atoms with Crippen molar-refractivity contribution in [1.29, 1.82) is 0 Å². The van der Waals surface area contributed by atoms with E-state index >= 15 is 0 Å². The Labute approximate surface area is 106 Å². The lowest BCUT2D eigenvalue weighted by Gasteiger charge is -2.16. The van der Waals surface area contributed by atoms with Crippen molar-refractivity contribution in [2.45, 2.75) is 31.8 Å². The molecule has 3 rings (SSSR count). The van der Waals surface area contributed by atoms with Gasteiger partial charge in [0.05, 0.1) is 0 Å². The van der Waals surface area contributed by atoms with Crippen molar-refractivity contribution in [2.24, 2.45) is 0 Å². The van der Waals surface area contributed by atoms with Crippen LogP contribution in [-0.2, 0) is 6.42 Å². The first kappa shape index (κ1) is 11.3. The third-order valence-corrected chi connectivity index (χ3v) is 3.45. The minimum atomic E-state index is -0.665. The van der Waals surface area contributed by atoms with Gasteiger partial charge in [0.25, 0.3) is 0 Å². The van der Waals surface area contributed by atoms with Crippen LogP contribution >= 0.6 is 0 Å². The first-order valence-corrected chi connectivity index (χ1v) is 6.16. The lowest BCUT2D eigenvalue weighted by molar-refractivity contribution is 0.134. The molecule has 0 saturated heterocycles. The number of hydrogen-bond acceptors (Lipinski definition) is 4. The van der Waals surface area contributed by atoms with Crippen LogP contribution in [0.25, 0.3) is 0 Å². The molecule has 0 spiro atoms. The van der Waals surface area contributed by atoms with Gasteiger partial charge in [-0.1, -0.05) is 6.07 Å². The molecular formula is C14H15N3O. The Morgan fingerprint density at radius 1 is 1.28 bits per heavy atom. The molecule has 0 bridgehead atoms. The van der Waals surface area contributed by atoms with Gasteiger partial charge < -0.3 is 5.11 Å². The third-order valence-electron chi connectivity index (χ3n) is 3.45. The second-order valence-corrected chi connectivity index (χ2v) is 4.76. The van der Waals surface area contributed by atoms with E-state index in [1.165, 1.54) is 5.56 Å². The average molecular weight is 241 g/mol. The van der Waals surface area contributed by atoms with Gasteiger partial charge in [-0.05, 0) is 37.0 Å². The molecule has 1 aliphatic rings. The summed E-state index contributed by atoms with van der Waals surface area (Å²) in [6.45, 7) is 1.93. The van der Waals surface area contributed by atoms with Crippen LogP contribution in [0.15, 0.2) is 30.7 Å². The van der Waals surface area contributed by atoms with Gasteiger partial charge in [0.15, 0.2) is 5.82 Å². The molecule has 1 aliphatic carbocycles. The number of aromatic nitrogens is 3. The zero-order valence-corrected chi connectivity index (χ0v) is 10.2. The standard InChI is InChI=1S/C14H15N3O/c1-9-7-16-14(17-8-9)13(18)11-5-4-10-3-2-6-15-12(10)11/h2-3,6-8,11,13,18H,4-5H2,1H3. The second-order valence-electron chi connectivity index (χ2n) is 4.76. The van der Waals surface area contributed by atoms with Crippen molar-refractivity contribution in [3.05, 3.63) is 53.4 Å². The summed E-state index contributed by atoms with van der Waals surface area (Å²) in [5.74, 6) is 0.507. The lowest BCUT2D eigenvalue weighted by atomic mass is 9.99. The molecule has 18 heavy (non-hydrogen) atoms. The quantitative estimate of drug-likeness (QED) is 0.873. The van der Waals surface area contributed by atoms with E-state index < -0.39 is 6.10 Å². The molecule has 2 unspecified atom stereocenters. The van der Waals surface area contributed by atoms with Crippen LogP contribution in [-0.4, -0.2) is 20.1 Å². The third kappa shape index (κ3) is 1.88. The van der Waals surface area contributed by atoms with Crippen molar-refractivity contribution in [1.82, 2.24) is 15.0 Å². The summed E-state index contributed by atoms with van der Waals surface area (Å²) in [7, 11) is 0. The van der Waals surface area contributed by atoms with Crippen LogP contribution in [0.1, 0.15) is 41.1 Å². The number of nitrogens with zero attached hydrogens (tertiary/aromatic N) is 3. The highest BCUT2D eigenvalue weighted by atomic mass is 16.3. The maximum absolute atomic E-state index is 10.4. The Balaban J connectivity index is 1.90. The minimum absolute atomic E-state index is 0.0175. The van der Waals surface area contributed by atoms with Crippen molar-refractivity contribution in [2.75, 3.05) is 0 Å². The molecule has 2 aromatic heterocycles. The van der Waals surface area contributed by atoms with Gasteiger partial charge in [-0.2, -0.15) is 0 Å². The normalized spacial score (nSPS) is 19.6. The molecule has 0 saturated carbocycles. The molecule has 0 aliphatic heterocycles. The number of rotatable bonds is 2. The van der Waals surface area contributed by atoms with Crippen LogP contribution in [0.4, 0.5) is 0 Å². The number of aryl methyl sites for hydroxylation is 2. The predicted molar refractivity (Wildman–Crippen MR) is 67.0 cm³/mol. The fourth-order valence-electron chi connectivity index (χ4n) is 2.49. The van der Waals surface area contributed by atoms with Gasteiger partial charge in [0.2, 0.25) is 0 Å². The first-order chi connectivity index (χ1) is 8.75. The van der Waals surface area contributed by atoms with Gasteiger partial charge in [-0.3, -0.25) is 4.98 Å². The summed E-state index contributed by atoms with van der Waals surface area (Å²) in [5.41, 5.74) is 3.22. The molecular weight excluding hydrogens is 226 g/mol. The highest BCUT2D eigenvalue weighted by molar-refractivity contribution is 5.30. The Morgan fingerprint density at radius 3 is 2.83 bits per heavy atom. The maximum atomic E-state index is 10.4. The Hall–Kier alpha value is -1.81. The van der Waals surface area contributed by atoms with Crippen LogP contribution in [0, 0.1) is 6.92 Å². The number of aliphatic hydroxyl groups is 1. The zero-order chi connectivity index (χ0) is 12.5. The topological polar surface area (TPSA) is 58.9 Å². The van der Waals surface area contributed by atoms with E-state index in [2.05, 4.69) is 21.0 Å². The van der Waals surface area contributed by atoms with Gasteiger partial charge in [0.1, 0.15) is 6.10 Å². The van der Waals surface area contributed by atoms with E-state index in [0.717, 1.165) is 24.1 Å². The number of pyridine rings is 1. The average Bonchev–Trinajstić information content (AvgIpc) is 2.82. The molecule has 4 heteroatoms. The van der Waals surface area contributed by atoms with E-state index in [1.54, 1.807) is 18.6 Å². The van der Waals surface area contributed by atoms with Crippen LogP contribution in [0.2, 0.25) is 0 Å². The van der Waals surface area contributed by atoms with Crippen molar-refractivity contribution in [3.8, 4) is 0 Å². The largest absolute Gasteiger partial charge is 0.384 e. The fourth-order valence-corrected chi connectivity index (χ4v) is 2.49. The second kappa shape index (κ2) is 4.46. The maximum Gasteiger partial charge on any atom is 0.157 e. The summed E-state index contributed by atoms with van der Waals surface area (Å²) >= 11 is 0. The predicted octanol–water partition coefficient (Wildman–Crippen LogP) is 1.94. The minimum Gasteiger partial charge on any atom is -0.384 e. The highest BCUT2D eigenvalue weighted by Gasteiger charge is 2.32. The number of aliphatic hydroxyl groups excluding tert-OH is 1. The molecule has 0 amide bonds. The molecule has 92 valence electrons. The van der Waals surface area contributed by atoms with E-state index in [9.17, 15) is 5.11 Å². The number of hydrogen-bond donors (Lipinski definition) is 1. The van der Waals surface area contributed by atoms with Crippen molar-refractivity contribution < 1.29 is 5.11 Å². The zero-order valence-electron chi connectivity index (χ0n) is 10.2. The summed E-state index contributed by atoms with van der Waals surface area (Å²) < 4.78 is 0.